The smallest absolute Gasteiger partial charge is 0.0471 e. The Balaban J connectivity index is 1.81. The van der Waals surface area contributed by atoms with Crippen molar-refractivity contribution in [2.75, 3.05) is 18.0 Å². The van der Waals surface area contributed by atoms with Crippen molar-refractivity contribution < 1.29 is 0 Å². The van der Waals surface area contributed by atoms with Crippen molar-refractivity contribution in [1.29, 1.82) is 0 Å². The van der Waals surface area contributed by atoms with Crippen LogP contribution in [0.15, 0.2) is 18.2 Å². The number of nitrogens with zero attached hydrogens (tertiary/aromatic N) is 1. The predicted molar refractivity (Wildman–Crippen MR) is 86.5 cm³/mol. The molecule has 0 radical (unpaired) electrons. The summed E-state index contributed by atoms with van der Waals surface area (Å²) in [7, 11) is 0. The first-order chi connectivity index (χ1) is 9.63. The lowest BCUT2D eigenvalue weighted by Crippen LogP contribution is -2.39. The summed E-state index contributed by atoms with van der Waals surface area (Å²) in [5.41, 5.74) is 2.62. The van der Waals surface area contributed by atoms with Crippen LogP contribution in [0.3, 0.4) is 0 Å². The summed E-state index contributed by atoms with van der Waals surface area (Å²) in [5.74, 6) is 1.53. The van der Waals surface area contributed by atoms with E-state index >= 15 is 0 Å². The van der Waals surface area contributed by atoms with Gasteiger partial charge in [-0.3, -0.25) is 0 Å². The van der Waals surface area contributed by atoms with Crippen LogP contribution in [-0.4, -0.2) is 19.1 Å². The Kier molecular flexibility index (Phi) is 4.23. The third-order valence-corrected chi connectivity index (χ3v) is 4.80. The maximum atomic E-state index is 6.46. The standard InChI is InChI=1S/C17H25ClN2/c1-12-8-13(2)11-20(10-12)17-5-3-4-16(18)15(17)9-19-14-6-7-14/h3-5,12-14,19H,6-11H2,1-2H3. The summed E-state index contributed by atoms with van der Waals surface area (Å²) in [6, 6.07) is 7.06. The van der Waals surface area contributed by atoms with Gasteiger partial charge in [0, 0.05) is 41.9 Å². The van der Waals surface area contributed by atoms with Gasteiger partial charge in [0.1, 0.15) is 0 Å². The highest BCUT2D eigenvalue weighted by molar-refractivity contribution is 6.31. The summed E-state index contributed by atoms with van der Waals surface area (Å²) in [5, 5.41) is 4.51. The lowest BCUT2D eigenvalue weighted by molar-refractivity contribution is 0.356. The summed E-state index contributed by atoms with van der Waals surface area (Å²) in [6.07, 6.45) is 3.97. The normalized spacial score (nSPS) is 26.9. The Hall–Kier alpha value is -0.730. The van der Waals surface area contributed by atoms with Gasteiger partial charge in [-0.15, -0.1) is 0 Å². The molecular weight excluding hydrogens is 268 g/mol. The quantitative estimate of drug-likeness (QED) is 0.900. The van der Waals surface area contributed by atoms with E-state index in [-0.39, 0.29) is 0 Å². The minimum atomic E-state index is 0.721. The Bertz CT molecular complexity index is 460. The molecule has 2 aliphatic rings. The SMILES string of the molecule is CC1CC(C)CN(c2cccc(Cl)c2CNC2CC2)C1. The highest BCUT2D eigenvalue weighted by Gasteiger charge is 2.25. The number of rotatable bonds is 4. The molecule has 1 aromatic rings. The molecule has 2 atom stereocenters. The fourth-order valence-corrected chi connectivity index (χ4v) is 3.65. The molecule has 2 nitrogen and oxygen atoms in total. The van der Waals surface area contributed by atoms with Crippen molar-refractivity contribution in [3.63, 3.8) is 0 Å². The van der Waals surface area contributed by atoms with Crippen LogP contribution >= 0.6 is 11.6 Å². The summed E-state index contributed by atoms with van der Waals surface area (Å²) >= 11 is 6.46. The van der Waals surface area contributed by atoms with Crippen molar-refractivity contribution in [1.82, 2.24) is 5.32 Å². The summed E-state index contributed by atoms with van der Waals surface area (Å²) in [6.45, 7) is 7.92. The van der Waals surface area contributed by atoms with Crippen LogP contribution in [0.2, 0.25) is 5.02 Å². The minimum Gasteiger partial charge on any atom is -0.371 e. The van der Waals surface area contributed by atoms with Crippen LogP contribution < -0.4 is 10.2 Å². The molecule has 1 N–H and O–H groups in total. The monoisotopic (exact) mass is 292 g/mol. The maximum absolute atomic E-state index is 6.46. The summed E-state index contributed by atoms with van der Waals surface area (Å²) < 4.78 is 0. The molecule has 0 spiro atoms. The molecule has 0 amide bonds. The van der Waals surface area contributed by atoms with E-state index in [9.17, 15) is 0 Å². The zero-order valence-corrected chi connectivity index (χ0v) is 13.3. The van der Waals surface area contributed by atoms with Crippen molar-refractivity contribution in [2.24, 2.45) is 11.8 Å². The molecule has 1 aliphatic heterocycles. The number of nitrogens with one attached hydrogen (secondary N) is 1. The van der Waals surface area contributed by atoms with E-state index in [0.717, 1.165) is 42.5 Å². The topological polar surface area (TPSA) is 15.3 Å². The number of halogens is 1. The largest absolute Gasteiger partial charge is 0.371 e. The third kappa shape index (κ3) is 3.29. The molecule has 2 unspecified atom stereocenters. The zero-order chi connectivity index (χ0) is 14.1. The first-order valence-corrected chi connectivity index (χ1v) is 8.27. The third-order valence-electron chi connectivity index (χ3n) is 4.45. The van der Waals surface area contributed by atoms with Gasteiger partial charge in [0.15, 0.2) is 0 Å². The molecular formula is C17H25ClN2. The van der Waals surface area contributed by atoms with Crippen LogP contribution in [0.4, 0.5) is 5.69 Å². The molecule has 3 rings (SSSR count). The molecule has 1 aliphatic carbocycles. The highest BCUT2D eigenvalue weighted by Crippen LogP contribution is 2.33. The molecule has 1 saturated carbocycles. The second-order valence-corrected chi connectivity index (χ2v) is 7.15. The van der Waals surface area contributed by atoms with Crippen molar-refractivity contribution in [2.45, 2.75) is 45.7 Å². The summed E-state index contributed by atoms with van der Waals surface area (Å²) in [4.78, 5) is 2.54. The molecule has 1 saturated heterocycles. The van der Waals surface area contributed by atoms with Crippen LogP contribution in [0.5, 0.6) is 0 Å². The van der Waals surface area contributed by atoms with Crippen molar-refractivity contribution in [3.8, 4) is 0 Å². The second kappa shape index (κ2) is 5.95. The van der Waals surface area contributed by atoms with Gasteiger partial charge < -0.3 is 10.2 Å². The van der Waals surface area contributed by atoms with E-state index in [1.807, 2.05) is 6.07 Å². The van der Waals surface area contributed by atoms with Crippen LogP contribution in [0.25, 0.3) is 0 Å². The first-order valence-electron chi connectivity index (χ1n) is 7.89. The van der Waals surface area contributed by atoms with Crippen molar-refractivity contribution in [3.05, 3.63) is 28.8 Å². The van der Waals surface area contributed by atoms with Gasteiger partial charge in [-0.05, 0) is 43.2 Å². The van der Waals surface area contributed by atoms with E-state index in [2.05, 4.69) is 36.2 Å². The van der Waals surface area contributed by atoms with Gasteiger partial charge in [0.2, 0.25) is 0 Å². The average molecular weight is 293 g/mol. The van der Waals surface area contributed by atoms with Gasteiger partial charge in [-0.2, -0.15) is 0 Å². The fourth-order valence-electron chi connectivity index (χ4n) is 3.41. The molecule has 110 valence electrons. The van der Waals surface area contributed by atoms with Crippen LogP contribution in [0.1, 0.15) is 38.7 Å². The zero-order valence-electron chi connectivity index (χ0n) is 12.5. The number of hydrogen-bond donors (Lipinski definition) is 1. The predicted octanol–water partition coefficient (Wildman–Crippen LogP) is 4.07. The van der Waals surface area contributed by atoms with Gasteiger partial charge >= 0.3 is 0 Å². The van der Waals surface area contributed by atoms with E-state index in [1.54, 1.807) is 0 Å². The van der Waals surface area contributed by atoms with Crippen molar-refractivity contribution >= 4 is 17.3 Å². The molecule has 20 heavy (non-hydrogen) atoms. The van der Waals surface area contributed by atoms with E-state index in [1.165, 1.54) is 30.5 Å². The average Bonchev–Trinajstić information content (AvgIpc) is 3.20. The fraction of sp³-hybridized carbons (Fsp3) is 0.647. The van der Waals surface area contributed by atoms with E-state index in [4.69, 9.17) is 11.6 Å². The highest BCUT2D eigenvalue weighted by atomic mass is 35.5. The molecule has 0 bridgehead atoms. The molecule has 1 aromatic carbocycles. The number of benzene rings is 1. The molecule has 1 heterocycles. The Morgan fingerprint density at radius 1 is 1.20 bits per heavy atom. The van der Waals surface area contributed by atoms with E-state index in [0.29, 0.717) is 0 Å². The first kappa shape index (κ1) is 14.2. The van der Waals surface area contributed by atoms with E-state index < -0.39 is 0 Å². The van der Waals surface area contributed by atoms with Gasteiger partial charge in [0.25, 0.3) is 0 Å². The Labute approximate surface area is 127 Å². The van der Waals surface area contributed by atoms with Gasteiger partial charge in [-0.1, -0.05) is 31.5 Å². The van der Waals surface area contributed by atoms with Crippen LogP contribution in [0, 0.1) is 11.8 Å². The Morgan fingerprint density at radius 2 is 1.90 bits per heavy atom. The Morgan fingerprint density at radius 3 is 2.55 bits per heavy atom. The number of anilines is 1. The van der Waals surface area contributed by atoms with Crippen LogP contribution in [-0.2, 0) is 6.54 Å². The van der Waals surface area contributed by atoms with Gasteiger partial charge in [0.05, 0.1) is 0 Å². The minimum absolute atomic E-state index is 0.721. The second-order valence-electron chi connectivity index (χ2n) is 6.74. The lowest BCUT2D eigenvalue weighted by Gasteiger charge is -2.38. The molecule has 3 heteroatoms. The molecule has 0 aromatic heterocycles. The lowest BCUT2D eigenvalue weighted by atomic mass is 9.91. The molecule has 2 fully saturated rings. The maximum Gasteiger partial charge on any atom is 0.0471 e. The van der Waals surface area contributed by atoms with Gasteiger partial charge in [-0.25, -0.2) is 0 Å². The number of piperidine rings is 1. The number of hydrogen-bond acceptors (Lipinski definition) is 2.